The number of aromatic nitrogens is 7. The molecule has 18 nitrogen and oxygen atoms in total. The average Bonchev–Trinajstić information content (AvgIpc) is 4.15. The second kappa shape index (κ2) is 22.6. The van der Waals surface area contributed by atoms with Gasteiger partial charge in [-0.3, -0.25) is 4.79 Å². The van der Waals surface area contributed by atoms with Gasteiger partial charge in [-0.1, -0.05) is 34.5 Å². The monoisotopic (exact) mass is 975 g/mol. The van der Waals surface area contributed by atoms with Crippen LogP contribution in [0, 0.1) is 25.7 Å². The molecule has 71 heavy (non-hydrogen) atoms. The fraction of sp³-hybridized carbons (Fsp3) is 0.300. The topological polar surface area (TPSA) is 219 Å². The van der Waals surface area contributed by atoms with Gasteiger partial charge >= 0.3 is 6.18 Å². The predicted molar refractivity (Wildman–Crippen MR) is 260 cm³/mol. The number of halogens is 3. The lowest BCUT2D eigenvalue weighted by molar-refractivity contribution is -0.140. The number of nitrogens with one attached hydrogen (secondary N) is 2. The van der Waals surface area contributed by atoms with Crippen LogP contribution in [0.5, 0.6) is 11.5 Å². The minimum absolute atomic E-state index is 0.134. The lowest BCUT2D eigenvalue weighted by atomic mass is 10.0. The number of hydrogen-bond acceptors (Lipinski definition) is 14. The highest BCUT2D eigenvalue weighted by molar-refractivity contribution is 5.94. The van der Waals surface area contributed by atoms with Crippen molar-refractivity contribution in [2.24, 2.45) is 0 Å². The summed E-state index contributed by atoms with van der Waals surface area (Å²) in [6.07, 6.45) is -0.944. The Labute approximate surface area is 405 Å². The van der Waals surface area contributed by atoms with E-state index in [4.69, 9.17) is 39.7 Å². The second-order valence-corrected chi connectivity index (χ2v) is 16.3. The van der Waals surface area contributed by atoms with Crippen LogP contribution in [0.3, 0.4) is 0 Å². The molecule has 0 saturated heterocycles. The number of aryl methyl sites for hydroxylation is 2. The molecule has 370 valence electrons. The van der Waals surface area contributed by atoms with E-state index in [9.17, 15) is 18.0 Å². The van der Waals surface area contributed by atoms with E-state index in [2.05, 4.69) is 42.9 Å². The lowest BCUT2D eigenvalue weighted by Gasteiger charge is -2.11. The highest BCUT2D eigenvalue weighted by atomic mass is 19.4. The smallest absolute Gasteiger partial charge is 0.406 e. The molecule has 0 atom stereocenters. The number of anilines is 3. The number of benzene rings is 4. The number of nitrogens with zero attached hydrogens (tertiary/aromatic N) is 7. The van der Waals surface area contributed by atoms with E-state index in [0.29, 0.717) is 108 Å². The first-order chi connectivity index (χ1) is 34.3. The number of hydrogen-bond donors (Lipinski definition) is 4. The van der Waals surface area contributed by atoms with Gasteiger partial charge in [-0.15, -0.1) is 5.10 Å². The Balaban J connectivity index is 0.689. The van der Waals surface area contributed by atoms with Crippen LogP contribution in [-0.2, 0) is 38.7 Å². The molecule has 1 amide bonds. The zero-order valence-corrected chi connectivity index (χ0v) is 39.2. The van der Waals surface area contributed by atoms with Gasteiger partial charge in [0.25, 0.3) is 5.91 Å². The molecular formula is C50H52F3N11O7. The molecule has 0 unspecified atom stereocenters. The SMILES string of the molecule is COc1cc(-n2cc(COCCOCCOCCNC(=O)COc3cccc(Cn4cnc5c(N)cc(-c6c(C)noc6C)cc54)c3)nn2)ccc1NCC#Cc1cc2c(N)cccc2n1CC(F)(F)F. The van der Waals surface area contributed by atoms with Crippen LogP contribution in [0.1, 0.15) is 28.4 Å². The molecule has 4 aromatic carbocycles. The Bertz CT molecular complexity index is 3170. The maximum absolute atomic E-state index is 13.4. The van der Waals surface area contributed by atoms with Crippen LogP contribution in [0.2, 0.25) is 0 Å². The number of imidazole rings is 1. The van der Waals surface area contributed by atoms with Crippen molar-refractivity contribution in [2.75, 3.05) is 76.6 Å². The summed E-state index contributed by atoms with van der Waals surface area (Å²) in [6.45, 7) is 5.25. The molecule has 0 aliphatic rings. The number of alkyl halides is 3. The van der Waals surface area contributed by atoms with Crippen molar-refractivity contribution in [3.8, 4) is 40.2 Å². The normalized spacial score (nSPS) is 11.5. The molecule has 21 heteroatoms. The highest BCUT2D eigenvalue weighted by Crippen LogP contribution is 2.34. The number of nitrogen functional groups attached to an aromatic ring is 2. The van der Waals surface area contributed by atoms with Crippen molar-refractivity contribution >= 4 is 44.9 Å². The first kappa shape index (κ1) is 49.4. The summed E-state index contributed by atoms with van der Waals surface area (Å²) in [7, 11) is 1.52. The van der Waals surface area contributed by atoms with E-state index >= 15 is 0 Å². The molecule has 0 radical (unpaired) electrons. The Kier molecular flexibility index (Phi) is 15.7. The zero-order chi connectivity index (χ0) is 49.9. The number of rotatable bonds is 22. The minimum Gasteiger partial charge on any atom is -0.495 e. The number of ether oxygens (including phenoxy) is 5. The molecule has 4 aromatic heterocycles. The van der Waals surface area contributed by atoms with E-state index in [1.807, 2.05) is 54.8 Å². The van der Waals surface area contributed by atoms with Gasteiger partial charge in [0, 0.05) is 35.8 Å². The number of amides is 1. The van der Waals surface area contributed by atoms with Crippen molar-refractivity contribution in [1.29, 1.82) is 0 Å². The summed E-state index contributed by atoms with van der Waals surface area (Å²) in [6, 6.07) is 23.2. The molecule has 0 spiro atoms. The Hall–Kier alpha value is -8.06. The molecule has 8 rings (SSSR count). The molecule has 0 fully saturated rings. The van der Waals surface area contributed by atoms with Gasteiger partial charge < -0.3 is 59.4 Å². The number of fused-ring (bicyclic) bond motifs is 2. The van der Waals surface area contributed by atoms with Crippen molar-refractivity contribution in [2.45, 2.75) is 39.7 Å². The quantitative estimate of drug-likeness (QED) is 0.0311. The molecule has 8 aromatic rings. The first-order valence-electron chi connectivity index (χ1n) is 22.5. The maximum atomic E-state index is 13.4. The highest BCUT2D eigenvalue weighted by Gasteiger charge is 2.30. The van der Waals surface area contributed by atoms with Gasteiger partial charge in [0.15, 0.2) is 6.61 Å². The summed E-state index contributed by atoms with van der Waals surface area (Å²) in [5, 5.41) is 18.9. The largest absolute Gasteiger partial charge is 0.495 e. The van der Waals surface area contributed by atoms with Crippen molar-refractivity contribution in [3.63, 3.8) is 0 Å². The summed E-state index contributed by atoms with van der Waals surface area (Å²) in [5.41, 5.74) is 21.0. The third-order valence-electron chi connectivity index (χ3n) is 11.2. The predicted octanol–water partition coefficient (Wildman–Crippen LogP) is 6.84. The summed E-state index contributed by atoms with van der Waals surface area (Å²) >= 11 is 0. The van der Waals surface area contributed by atoms with Gasteiger partial charge in [0.1, 0.15) is 35.0 Å². The third kappa shape index (κ3) is 12.6. The second-order valence-electron chi connectivity index (χ2n) is 16.3. The average molecular weight is 976 g/mol. The Morgan fingerprint density at radius 3 is 2.49 bits per heavy atom. The Morgan fingerprint density at radius 1 is 0.901 bits per heavy atom. The van der Waals surface area contributed by atoms with Gasteiger partial charge in [-0.25, -0.2) is 9.67 Å². The molecular weight excluding hydrogens is 924 g/mol. The molecule has 0 aliphatic heterocycles. The molecule has 0 saturated carbocycles. The number of nitrogens with two attached hydrogens (primary N) is 2. The van der Waals surface area contributed by atoms with E-state index < -0.39 is 12.7 Å². The third-order valence-corrected chi connectivity index (χ3v) is 11.2. The summed E-state index contributed by atoms with van der Waals surface area (Å²) < 4.78 is 78.5. The summed E-state index contributed by atoms with van der Waals surface area (Å²) in [4.78, 5) is 17.0. The molecule has 4 heterocycles. The van der Waals surface area contributed by atoms with Crippen LogP contribution in [-0.4, -0.2) is 106 Å². The number of carbonyl (C=O) groups excluding carboxylic acids is 1. The molecule has 0 bridgehead atoms. The van der Waals surface area contributed by atoms with Gasteiger partial charge in [-0.05, 0) is 85.5 Å². The maximum Gasteiger partial charge on any atom is 0.406 e. The lowest BCUT2D eigenvalue weighted by Crippen LogP contribution is -2.31. The number of methoxy groups -OCH3 is 1. The van der Waals surface area contributed by atoms with Crippen molar-refractivity contribution in [1.82, 2.24) is 39.6 Å². The van der Waals surface area contributed by atoms with Crippen LogP contribution in [0.15, 0.2) is 95.9 Å². The zero-order valence-electron chi connectivity index (χ0n) is 39.2. The van der Waals surface area contributed by atoms with Gasteiger partial charge in [0.05, 0.1) is 105 Å². The van der Waals surface area contributed by atoms with E-state index in [1.54, 1.807) is 59.7 Å². The standard InChI is InChI=1S/C50H52F3N11O7/c1-32-48(33(2)71-60-32)35-22-42(55)49-45(23-35)62(31-58-49)26-34-7-4-9-39(21-34)70-29-47(65)57-15-16-67-17-18-68-19-20-69-28-36-27-64(61-59-36)38-12-13-43(46(25-38)66-3)56-14-6-8-37-24-40-41(54)10-5-11-44(40)63(37)30-50(51,52)53/h4-5,7,9-13,21-25,27,31,56H,14-20,26,28-30,54-55H2,1-3H3,(H,57,65). The van der Waals surface area contributed by atoms with E-state index in [0.717, 1.165) is 32.5 Å². The van der Waals surface area contributed by atoms with Crippen LogP contribution >= 0.6 is 0 Å². The van der Waals surface area contributed by atoms with Gasteiger partial charge in [-0.2, -0.15) is 13.2 Å². The molecule has 6 N–H and O–H groups in total. The Morgan fingerprint density at radius 2 is 1.70 bits per heavy atom. The summed E-state index contributed by atoms with van der Waals surface area (Å²) in [5.74, 6) is 7.25. The van der Waals surface area contributed by atoms with Crippen LogP contribution < -0.4 is 31.6 Å². The fourth-order valence-corrected chi connectivity index (χ4v) is 7.86. The van der Waals surface area contributed by atoms with E-state index in [1.165, 1.54) is 7.11 Å². The van der Waals surface area contributed by atoms with Crippen molar-refractivity contribution in [3.05, 3.63) is 120 Å². The van der Waals surface area contributed by atoms with Gasteiger partial charge in [0.2, 0.25) is 0 Å². The minimum atomic E-state index is -4.43. The number of carbonyl (C=O) groups is 1. The van der Waals surface area contributed by atoms with E-state index in [-0.39, 0.29) is 31.4 Å². The van der Waals surface area contributed by atoms with Crippen LogP contribution in [0.4, 0.5) is 30.2 Å². The van der Waals surface area contributed by atoms with Crippen LogP contribution in [0.25, 0.3) is 38.8 Å². The first-order valence-corrected chi connectivity index (χ1v) is 22.5. The van der Waals surface area contributed by atoms with Crippen molar-refractivity contribution < 1.29 is 46.2 Å². The molecule has 0 aliphatic carbocycles. The fourth-order valence-electron chi connectivity index (χ4n) is 7.86.